The molecule has 4 rings (SSSR count). The van der Waals surface area contributed by atoms with E-state index in [9.17, 15) is 0 Å². The molecule has 0 N–H and O–H groups in total. The molecule has 4 nitrogen and oxygen atoms in total. The van der Waals surface area contributed by atoms with Gasteiger partial charge in [0.05, 0.1) is 12.1 Å². The number of ether oxygens (including phenoxy) is 3. The van der Waals surface area contributed by atoms with Crippen molar-refractivity contribution in [2.45, 2.75) is 51.5 Å². The molecule has 0 amide bonds. The van der Waals surface area contributed by atoms with Gasteiger partial charge in [0, 0.05) is 12.2 Å². The van der Waals surface area contributed by atoms with Gasteiger partial charge in [0.1, 0.15) is 6.61 Å². The number of benzene rings is 2. The van der Waals surface area contributed by atoms with Crippen LogP contribution in [-0.2, 0) is 20.8 Å². The fourth-order valence-electron chi connectivity index (χ4n) is 3.48. The molecule has 27 heavy (non-hydrogen) atoms. The molecule has 2 heterocycles. The predicted molar refractivity (Wildman–Crippen MR) is 107 cm³/mol. The van der Waals surface area contributed by atoms with Gasteiger partial charge in [-0.1, -0.05) is 42.5 Å². The Hall–Kier alpha value is -2.17. The second kappa shape index (κ2) is 7.83. The minimum Gasteiger partial charge on any atom is -0.475 e. The highest BCUT2D eigenvalue weighted by atomic mass is 16.7. The summed E-state index contributed by atoms with van der Waals surface area (Å²) in [6.45, 7) is 6.12. The molecule has 4 heteroatoms. The highest BCUT2D eigenvalue weighted by Gasteiger charge is 2.28. The van der Waals surface area contributed by atoms with Gasteiger partial charge in [-0.3, -0.25) is 0 Å². The topological polar surface area (TPSA) is 40.0 Å². The summed E-state index contributed by atoms with van der Waals surface area (Å²) >= 11 is 0. The van der Waals surface area contributed by atoms with E-state index < -0.39 is 0 Å². The van der Waals surface area contributed by atoms with Gasteiger partial charge in [-0.15, -0.1) is 0 Å². The van der Waals surface area contributed by atoms with Crippen molar-refractivity contribution in [1.82, 2.24) is 0 Å². The number of hydrogen-bond acceptors (Lipinski definition) is 4. The zero-order valence-electron chi connectivity index (χ0n) is 16.1. The first-order valence-corrected chi connectivity index (χ1v) is 9.75. The highest BCUT2D eigenvalue weighted by molar-refractivity contribution is 6.02. The van der Waals surface area contributed by atoms with Crippen LogP contribution in [0.4, 0.5) is 0 Å². The molecule has 0 radical (unpaired) electrons. The average molecular weight is 365 g/mol. The third-order valence-corrected chi connectivity index (χ3v) is 4.94. The van der Waals surface area contributed by atoms with Gasteiger partial charge in [0.25, 0.3) is 0 Å². The lowest BCUT2D eigenvalue weighted by molar-refractivity contribution is -0.168. The lowest BCUT2D eigenvalue weighted by atomic mass is 9.97. The van der Waals surface area contributed by atoms with Crippen molar-refractivity contribution in [3.63, 3.8) is 0 Å². The van der Waals surface area contributed by atoms with Crippen LogP contribution >= 0.6 is 0 Å². The van der Waals surface area contributed by atoms with Crippen LogP contribution in [0.2, 0.25) is 0 Å². The maximum atomic E-state index is 5.97. The van der Waals surface area contributed by atoms with Crippen molar-refractivity contribution in [2.24, 2.45) is 4.99 Å². The average Bonchev–Trinajstić information content (AvgIpc) is 3.07. The van der Waals surface area contributed by atoms with E-state index in [2.05, 4.69) is 56.3 Å². The van der Waals surface area contributed by atoms with Crippen molar-refractivity contribution in [3.05, 3.63) is 59.7 Å². The van der Waals surface area contributed by atoms with Gasteiger partial charge in [-0.05, 0) is 55.9 Å². The molecule has 2 aliphatic rings. The van der Waals surface area contributed by atoms with E-state index in [1.165, 1.54) is 6.42 Å². The van der Waals surface area contributed by atoms with Crippen molar-refractivity contribution in [1.29, 1.82) is 0 Å². The third kappa shape index (κ3) is 4.40. The van der Waals surface area contributed by atoms with Gasteiger partial charge in [-0.25, -0.2) is 4.99 Å². The molecular formula is C23H27NO3. The summed E-state index contributed by atoms with van der Waals surface area (Å²) in [4.78, 5) is 4.80. The van der Waals surface area contributed by atoms with Crippen LogP contribution in [0.1, 0.15) is 44.2 Å². The van der Waals surface area contributed by atoms with Crippen molar-refractivity contribution in [2.75, 3.05) is 13.2 Å². The molecule has 0 saturated carbocycles. The smallest absolute Gasteiger partial charge is 0.217 e. The van der Waals surface area contributed by atoms with E-state index in [4.69, 9.17) is 19.2 Å². The van der Waals surface area contributed by atoms with Crippen molar-refractivity contribution < 1.29 is 14.2 Å². The lowest BCUT2D eigenvalue weighted by Crippen LogP contribution is -2.22. The van der Waals surface area contributed by atoms with Crippen LogP contribution in [0, 0.1) is 0 Å². The highest BCUT2D eigenvalue weighted by Crippen LogP contribution is 2.30. The van der Waals surface area contributed by atoms with Gasteiger partial charge in [0.15, 0.2) is 6.29 Å². The van der Waals surface area contributed by atoms with Gasteiger partial charge in [-0.2, -0.15) is 0 Å². The Labute approximate surface area is 161 Å². The molecule has 0 spiro atoms. The van der Waals surface area contributed by atoms with Crippen LogP contribution < -0.4 is 0 Å². The Morgan fingerprint density at radius 1 is 1.07 bits per heavy atom. The first kappa shape index (κ1) is 18.2. The molecule has 1 saturated heterocycles. The fourth-order valence-corrected chi connectivity index (χ4v) is 3.48. The fraction of sp³-hybridized carbons (Fsp3) is 0.435. The lowest BCUT2D eigenvalue weighted by Gasteiger charge is -2.23. The Balaban J connectivity index is 1.62. The summed E-state index contributed by atoms with van der Waals surface area (Å²) in [6.07, 6.45) is 3.18. The molecule has 142 valence electrons. The molecule has 2 aliphatic heterocycles. The SMILES string of the molecule is CC1(C)COC(c2cc(COC3CCCCO3)ccc2-c2ccccc2)=N1. The summed E-state index contributed by atoms with van der Waals surface area (Å²) in [5.74, 6) is 0.717. The second-order valence-corrected chi connectivity index (χ2v) is 7.87. The maximum absolute atomic E-state index is 5.97. The number of nitrogens with zero attached hydrogens (tertiary/aromatic N) is 1. The van der Waals surface area contributed by atoms with Crippen molar-refractivity contribution >= 4 is 5.90 Å². The van der Waals surface area contributed by atoms with Crippen LogP contribution in [0.3, 0.4) is 0 Å². The molecule has 1 fully saturated rings. The van der Waals surface area contributed by atoms with Crippen LogP contribution in [-0.4, -0.2) is 30.9 Å². The molecule has 0 aliphatic carbocycles. The van der Waals surface area contributed by atoms with E-state index in [1.807, 2.05) is 6.07 Å². The minimum absolute atomic E-state index is 0.0880. The monoisotopic (exact) mass is 365 g/mol. The Kier molecular flexibility index (Phi) is 5.28. The predicted octanol–water partition coefficient (Wildman–Crippen LogP) is 4.95. The van der Waals surface area contributed by atoms with Crippen molar-refractivity contribution in [3.8, 4) is 11.1 Å². The third-order valence-electron chi connectivity index (χ3n) is 4.94. The van der Waals surface area contributed by atoms with E-state index >= 15 is 0 Å². The Bertz CT molecular complexity index is 808. The molecule has 0 bridgehead atoms. The largest absolute Gasteiger partial charge is 0.475 e. The zero-order chi connectivity index (χ0) is 18.7. The molecule has 1 atom stereocenters. The first-order chi connectivity index (χ1) is 13.1. The summed E-state index contributed by atoms with van der Waals surface area (Å²) in [7, 11) is 0. The van der Waals surface area contributed by atoms with Gasteiger partial charge in [0.2, 0.25) is 5.90 Å². The summed E-state index contributed by atoms with van der Waals surface area (Å²) in [6, 6.07) is 16.8. The number of hydrogen-bond donors (Lipinski definition) is 0. The quantitative estimate of drug-likeness (QED) is 0.752. The molecule has 2 aromatic rings. The molecular weight excluding hydrogens is 338 g/mol. The second-order valence-electron chi connectivity index (χ2n) is 7.87. The number of rotatable bonds is 5. The van der Waals surface area contributed by atoms with E-state index in [1.54, 1.807) is 0 Å². The van der Waals surface area contributed by atoms with Gasteiger partial charge >= 0.3 is 0 Å². The Morgan fingerprint density at radius 2 is 1.93 bits per heavy atom. The molecule has 1 unspecified atom stereocenters. The van der Waals surface area contributed by atoms with E-state index in [0.29, 0.717) is 13.2 Å². The van der Waals surface area contributed by atoms with E-state index in [0.717, 1.165) is 47.6 Å². The van der Waals surface area contributed by atoms with Crippen LogP contribution in [0.25, 0.3) is 11.1 Å². The molecule has 0 aromatic heterocycles. The van der Waals surface area contributed by atoms with Crippen LogP contribution in [0.15, 0.2) is 53.5 Å². The summed E-state index contributed by atoms with van der Waals surface area (Å²) in [5, 5.41) is 0. The molecule has 2 aromatic carbocycles. The maximum Gasteiger partial charge on any atom is 0.217 e. The van der Waals surface area contributed by atoms with Crippen LogP contribution in [0.5, 0.6) is 0 Å². The standard InChI is InChI=1S/C23H27NO3/c1-23(2)16-27-22(24-23)20-14-17(15-26-21-10-6-7-13-25-21)11-12-19(20)18-8-4-3-5-9-18/h3-5,8-9,11-12,14,21H,6-7,10,13,15-16H2,1-2H3. The summed E-state index contributed by atoms with van der Waals surface area (Å²) < 4.78 is 17.6. The first-order valence-electron chi connectivity index (χ1n) is 9.75. The van der Waals surface area contributed by atoms with Gasteiger partial charge < -0.3 is 14.2 Å². The zero-order valence-corrected chi connectivity index (χ0v) is 16.1. The normalized spacial score (nSPS) is 21.6. The Morgan fingerprint density at radius 3 is 2.63 bits per heavy atom. The number of aliphatic imine (C=N–C) groups is 1. The summed E-state index contributed by atoms with van der Waals surface area (Å²) in [5.41, 5.74) is 4.23. The van der Waals surface area contributed by atoms with E-state index in [-0.39, 0.29) is 11.8 Å². The minimum atomic E-state index is -0.189.